The molecule has 9 heteroatoms. The first kappa shape index (κ1) is 26.0. The van der Waals surface area contributed by atoms with E-state index in [4.69, 9.17) is 4.74 Å². The van der Waals surface area contributed by atoms with Gasteiger partial charge < -0.3 is 20.1 Å². The van der Waals surface area contributed by atoms with Gasteiger partial charge in [-0.1, -0.05) is 19.9 Å². The fourth-order valence-corrected chi connectivity index (χ4v) is 2.62. The molecule has 0 saturated carbocycles. The lowest BCUT2D eigenvalue weighted by Crippen LogP contribution is -2.28. The summed E-state index contributed by atoms with van der Waals surface area (Å²) in [5.74, 6) is -2.37. The number of amides is 2. The Morgan fingerprint density at radius 1 is 1.19 bits per heavy atom. The van der Waals surface area contributed by atoms with Gasteiger partial charge in [-0.25, -0.2) is 4.39 Å². The Morgan fingerprint density at radius 3 is 2.45 bits per heavy atom. The van der Waals surface area contributed by atoms with Crippen molar-refractivity contribution in [2.75, 3.05) is 19.5 Å². The van der Waals surface area contributed by atoms with Crippen molar-refractivity contribution in [1.29, 1.82) is 0 Å². The number of hydrogen-bond donors (Lipinski definition) is 2. The molecule has 170 valence electrons. The van der Waals surface area contributed by atoms with Crippen molar-refractivity contribution in [2.24, 2.45) is 0 Å². The number of rotatable bonds is 4. The highest BCUT2D eigenvalue weighted by Gasteiger charge is 2.28. The zero-order valence-electron chi connectivity index (χ0n) is 18.4. The summed E-state index contributed by atoms with van der Waals surface area (Å²) in [6, 6.07) is 6.96. The van der Waals surface area contributed by atoms with E-state index in [1.165, 1.54) is 38.6 Å². The van der Waals surface area contributed by atoms with Crippen molar-refractivity contribution < 1.29 is 27.8 Å². The Hall–Kier alpha value is -3.07. The number of carbonyl (C=O) groups excluding carboxylic acids is 2. The summed E-state index contributed by atoms with van der Waals surface area (Å²) in [6.07, 6.45) is 2.80. The van der Waals surface area contributed by atoms with Gasteiger partial charge in [0.2, 0.25) is 5.82 Å². The molecule has 0 aliphatic carbocycles. The van der Waals surface area contributed by atoms with Crippen LogP contribution >= 0.6 is 0 Å². The average molecular weight is 437 g/mol. The van der Waals surface area contributed by atoms with E-state index < -0.39 is 17.7 Å². The van der Waals surface area contributed by atoms with Gasteiger partial charge in [-0.3, -0.25) is 14.6 Å². The van der Waals surface area contributed by atoms with Crippen LogP contribution < -0.4 is 15.4 Å². The van der Waals surface area contributed by atoms with E-state index in [1.54, 1.807) is 6.07 Å². The van der Waals surface area contributed by atoms with Crippen LogP contribution in [0.3, 0.4) is 0 Å². The maximum absolute atomic E-state index is 12.5. The maximum atomic E-state index is 12.5. The number of pyridine rings is 1. The first-order valence-electron chi connectivity index (χ1n) is 9.98. The molecule has 2 heterocycles. The molecule has 0 radical (unpaired) electrons. The molecule has 2 amide bonds. The second-order valence-electron chi connectivity index (χ2n) is 6.27. The van der Waals surface area contributed by atoms with Gasteiger partial charge in [0.1, 0.15) is 11.8 Å². The molecule has 1 aliphatic rings. The Morgan fingerprint density at radius 2 is 1.90 bits per heavy atom. The van der Waals surface area contributed by atoms with Gasteiger partial charge in [0.15, 0.2) is 11.6 Å². The monoisotopic (exact) mass is 437 g/mol. The maximum Gasteiger partial charge on any atom is 0.269 e. The van der Waals surface area contributed by atoms with E-state index in [0.717, 1.165) is 18.9 Å². The first-order valence-corrected chi connectivity index (χ1v) is 9.98. The topological polar surface area (TPSA) is 89.6 Å². The number of carbonyl (C=O) groups is 2. The van der Waals surface area contributed by atoms with Crippen LogP contribution in [0.15, 0.2) is 36.5 Å². The number of aromatic nitrogens is 1. The van der Waals surface area contributed by atoms with Crippen LogP contribution in [0, 0.1) is 11.6 Å². The molecular weight excluding hydrogens is 408 g/mol. The summed E-state index contributed by atoms with van der Waals surface area (Å²) in [7, 11) is 2.82. The molecule has 7 nitrogen and oxygen atoms in total. The van der Waals surface area contributed by atoms with Crippen LogP contribution in [0.25, 0.3) is 0 Å². The quantitative estimate of drug-likeness (QED) is 0.756. The standard InChI is InChI=1S/C13H17N3O3.C7H6F2O.C2H6/c1-8-3-4-11(19-8)13(18)16-9-5-6-15-10(7-9)12(17)14-2;1-10-6-4-2-3-5(8)7(6)9;1-2/h5-8,11H,3-4H2,1-2H3,(H,14,17)(H,15,16,18);2-4H,1H3;1-2H3. The lowest BCUT2D eigenvalue weighted by Gasteiger charge is -2.12. The summed E-state index contributed by atoms with van der Waals surface area (Å²) in [5, 5.41) is 5.22. The molecule has 0 bridgehead atoms. The number of benzene rings is 1. The third-order valence-electron chi connectivity index (χ3n) is 4.15. The number of hydrogen-bond acceptors (Lipinski definition) is 5. The van der Waals surface area contributed by atoms with Crippen LogP contribution in [0.4, 0.5) is 14.5 Å². The minimum Gasteiger partial charge on any atom is -0.494 e. The lowest BCUT2D eigenvalue weighted by atomic mass is 10.2. The van der Waals surface area contributed by atoms with Crippen LogP contribution in [0.5, 0.6) is 5.75 Å². The Kier molecular flexibility index (Phi) is 11.1. The lowest BCUT2D eigenvalue weighted by molar-refractivity contribution is -0.126. The third-order valence-corrected chi connectivity index (χ3v) is 4.15. The van der Waals surface area contributed by atoms with E-state index in [0.29, 0.717) is 5.69 Å². The molecule has 1 aliphatic heterocycles. The zero-order valence-corrected chi connectivity index (χ0v) is 18.4. The summed E-state index contributed by atoms with van der Waals surface area (Å²) < 4.78 is 34.8. The zero-order chi connectivity index (χ0) is 23.4. The SMILES string of the molecule is CC.CNC(=O)c1cc(NC(=O)C2CCC(C)O2)ccn1.COc1cccc(F)c1F. The molecule has 2 N–H and O–H groups in total. The fraction of sp³-hybridized carbons (Fsp3) is 0.409. The van der Waals surface area contributed by atoms with E-state index in [1.807, 2.05) is 20.8 Å². The predicted molar refractivity (Wildman–Crippen MR) is 114 cm³/mol. The van der Waals surface area contributed by atoms with E-state index in [-0.39, 0.29) is 29.4 Å². The van der Waals surface area contributed by atoms with Crippen LogP contribution in [-0.2, 0) is 9.53 Å². The van der Waals surface area contributed by atoms with Crippen molar-refractivity contribution >= 4 is 17.5 Å². The molecular formula is C22H29F2N3O4. The Labute approximate surface area is 181 Å². The van der Waals surface area contributed by atoms with Gasteiger partial charge in [0, 0.05) is 18.9 Å². The Bertz CT molecular complexity index is 864. The van der Waals surface area contributed by atoms with Crippen LogP contribution in [0.1, 0.15) is 44.1 Å². The summed E-state index contributed by atoms with van der Waals surface area (Å²) in [6.45, 7) is 5.95. The van der Waals surface area contributed by atoms with Crippen molar-refractivity contribution in [2.45, 2.75) is 45.8 Å². The summed E-state index contributed by atoms with van der Waals surface area (Å²) in [5.41, 5.74) is 0.808. The Balaban J connectivity index is 0.000000337. The van der Waals surface area contributed by atoms with Gasteiger partial charge in [-0.05, 0) is 44.0 Å². The number of ether oxygens (including phenoxy) is 2. The molecule has 2 aromatic rings. The van der Waals surface area contributed by atoms with Gasteiger partial charge in [-0.15, -0.1) is 0 Å². The molecule has 2 atom stereocenters. The van der Waals surface area contributed by atoms with Gasteiger partial charge in [0.25, 0.3) is 11.8 Å². The molecule has 31 heavy (non-hydrogen) atoms. The molecule has 2 unspecified atom stereocenters. The molecule has 1 fully saturated rings. The van der Waals surface area contributed by atoms with E-state index in [9.17, 15) is 18.4 Å². The van der Waals surface area contributed by atoms with E-state index >= 15 is 0 Å². The number of anilines is 1. The van der Waals surface area contributed by atoms with Crippen molar-refractivity contribution in [3.63, 3.8) is 0 Å². The highest BCUT2D eigenvalue weighted by Crippen LogP contribution is 2.21. The minimum atomic E-state index is -0.940. The summed E-state index contributed by atoms with van der Waals surface area (Å²) >= 11 is 0. The molecule has 0 spiro atoms. The normalized spacial score (nSPS) is 16.7. The minimum absolute atomic E-state index is 0.0694. The average Bonchev–Trinajstić information content (AvgIpc) is 3.23. The van der Waals surface area contributed by atoms with Gasteiger partial charge in [0.05, 0.1) is 13.2 Å². The second kappa shape index (κ2) is 13.3. The van der Waals surface area contributed by atoms with E-state index in [2.05, 4.69) is 20.4 Å². The molecule has 1 saturated heterocycles. The van der Waals surface area contributed by atoms with Gasteiger partial charge >= 0.3 is 0 Å². The molecule has 3 rings (SSSR count). The van der Waals surface area contributed by atoms with Crippen LogP contribution in [-0.4, -0.2) is 43.2 Å². The third kappa shape index (κ3) is 7.93. The highest BCUT2D eigenvalue weighted by molar-refractivity contribution is 5.97. The first-order chi connectivity index (χ1) is 14.8. The van der Waals surface area contributed by atoms with Crippen molar-refractivity contribution in [3.8, 4) is 5.75 Å². The van der Waals surface area contributed by atoms with Crippen molar-refractivity contribution in [1.82, 2.24) is 10.3 Å². The van der Waals surface area contributed by atoms with Crippen LogP contribution in [0.2, 0.25) is 0 Å². The largest absolute Gasteiger partial charge is 0.494 e. The number of nitrogens with one attached hydrogen (secondary N) is 2. The van der Waals surface area contributed by atoms with Gasteiger partial charge in [-0.2, -0.15) is 4.39 Å². The smallest absolute Gasteiger partial charge is 0.269 e. The predicted octanol–water partition coefficient (Wildman–Crippen LogP) is 3.95. The fourth-order valence-electron chi connectivity index (χ4n) is 2.62. The molecule has 1 aromatic carbocycles. The number of halogens is 2. The second-order valence-corrected chi connectivity index (χ2v) is 6.27. The number of nitrogens with zero attached hydrogens (tertiary/aromatic N) is 1. The summed E-state index contributed by atoms with van der Waals surface area (Å²) in [4.78, 5) is 27.3. The molecule has 1 aromatic heterocycles. The van der Waals surface area contributed by atoms with Crippen molar-refractivity contribution in [3.05, 3.63) is 53.9 Å². The highest BCUT2D eigenvalue weighted by atomic mass is 19.2. The number of methoxy groups -OCH3 is 1.